The van der Waals surface area contributed by atoms with Gasteiger partial charge < -0.3 is 9.05 Å². The molecular weight excluding hydrogens is 254 g/mol. The highest BCUT2D eigenvalue weighted by atomic mass is 16.5. The molecule has 5 heteroatoms. The summed E-state index contributed by atoms with van der Waals surface area (Å²) in [6.45, 7) is 6.15. The number of allylic oxidation sites excluding steroid dienone is 2. The fourth-order valence-corrected chi connectivity index (χ4v) is 2.59. The van der Waals surface area contributed by atoms with Crippen molar-refractivity contribution in [2.75, 3.05) is 0 Å². The van der Waals surface area contributed by atoms with Gasteiger partial charge in [-0.2, -0.15) is 4.98 Å². The first-order valence-corrected chi connectivity index (χ1v) is 7.05. The summed E-state index contributed by atoms with van der Waals surface area (Å²) >= 11 is 0. The van der Waals surface area contributed by atoms with Crippen molar-refractivity contribution >= 4 is 0 Å². The van der Waals surface area contributed by atoms with Crippen molar-refractivity contribution in [2.24, 2.45) is 0 Å². The van der Waals surface area contributed by atoms with Crippen molar-refractivity contribution in [3.8, 4) is 11.7 Å². The Kier molecular flexibility index (Phi) is 3.20. The van der Waals surface area contributed by atoms with E-state index >= 15 is 0 Å². The normalized spacial score (nSPS) is 16.2. The molecule has 0 aromatic carbocycles. The molecule has 0 fully saturated rings. The Morgan fingerprint density at radius 2 is 2.00 bits per heavy atom. The molecule has 0 radical (unpaired) electrons. The van der Waals surface area contributed by atoms with E-state index in [9.17, 15) is 0 Å². The summed E-state index contributed by atoms with van der Waals surface area (Å²) in [5, 5.41) is 7.97. The summed E-state index contributed by atoms with van der Waals surface area (Å²) in [5.41, 5.74) is 2.00. The van der Waals surface area contributed by atoms with E-state index in [2.05, 4.69) is 35.2 Å². The SMILES string of the molecule is Cc1cc(-c2nc(C(C)(C)C3=CCCCC3)no2)on1. The smallest absolute Gasteiger partial charge is 0.296 e. The molecule has 0 unspecified atom stereocenters. The average molecular weight is 273 g/mol. The predicted octanol–water partition coefficient (Wildman–Crippen LogP) is 3.81. The van der Waals surface area contributed by atoms with Crippen molar-refractivity contribution in [2.45, 2.75) is 51.9 Å². The molecule has 0 saturated heterocycles. The second-order valence-electron chi connectivity index (χ2n) is 5.86. The molecule has 1 aliphatic rings. The molecule has 0 spiro atoms. The standard InChI is InChI=1S/C15H19N3O2/c1-10-9-12(19-17-10)13-16-14(18-20-13)15(2,3)11-7-5-4-6-8-11/h7,9H,4-6,8H2,1-3H3. The third-order valence-electron chi connectivity index (χ3n) is 3.92. The molecule has 0 saturated carbocycles. The summed E-state index contributed by atoms with van der Waals surface area (Å²) in [4.78, 5) is 4.49. The van der Waals surface area contributed by atoms with Gasteiger partial charge >= 0.3 is 0 Å². The highest BCUT2D eigenvalue weighted by molar-refractivity contribution is 5.44. The average Bonchev–Trinajstić information content (AvgIpc) is 3.08. The van der Waals surface area contributed by atoms with Gasteiger partial charge in [-0.15, -0.1) is 0 Å². The Morgan fingerprint density at radius 1 is 1.15 bits per heavy atom. The van der Waals surface area contributed by atoms with Crippen LogP contribution >= 0.6 is 0 Å². The van der Waals surface area contributed by atoms with E-state index in [0.29, 0.717) is 17.5 Å². The van der Waals surface area contributed by atoms with Crippen LogP contribution in [-0.2, 0) is 5.41 Å². The summed E-state index contributed by atoms with van der Waals surface area (Å²) in [6.07, 6.45) is 7.08. The van der Waals surface area contributed by atoms with Gasteiger partial charge in [0.15, 0.2) is 5.82 Å². The fourth-order valence-electron chi connectivity index (χ4n) is 2.59. The lowest BCUT2D eigenvalue weighted by Crippen LogP contribution is -2.23. The van der Waals surface area contributed by atoms with E-state index in [-0.39, 0.29) is 5.41 Å². The third-order valence-corrected chi connectivity index (χ3v) is 3.92. The Hall–Kier alpha value is -1.91. The van der Waals surface area contributed by atoms with Crippen molar-refractivity contribution in [1.82, 2.24) is 15.3 Å². The summed E-state index contributed by atoms with van der Waals surface area (Å²) in [7, 11) is 0. The monoisotopic (exact) mass is 273 g/mol. The minimum atomic E-state index is -0.197. The first-order valence-electron chi connectivity index (χ1n) is 7.05. The zero-order valence-corrected chi connectivity index (χ0v) is 12.1. The number of aryl methyl sites for hydroxylation is 1. The van der Waals surface area contributed by atoms with Crippen LogP contribution in [0.2, 0.25) is 0 Å². The van der Waals surface area contributed by atoms with Gasteiger partial charge in [-0.05, 0) is 46.5 Å². The molecule has 0 aliphatic heterocycles. The lowest BCUT2D eigenvalue weighted by molar-refractivity contribution is 0.373. The predicted molar refractivity (Wildman–Crippen MR) is 74.1 cm³/mol. The maximum atomic E-state index is 5.32. The molecule has 0 atom stereocenters. The first-order chi connectivity index (χ1) is 9.57. The molecule has 2 aromatic heterocycles. The third kappa shape index (κ3) is 2.28. The van der Waals surface area contributed by atoms with Crippen molar-refractivity contribution in [1.29, 1.82) is 0 Å². The van der Waals surface area contributed by atoms with Crippen molar-refractivity contribution < 1.29 is 9.05 Å². The summed E-state index contributed by atoms with van der Waals surface area (Å²) in [5.74, 6) is 1.62. The van der Waals surface area contributed by atoms with Gasteiger partial charge in [-0.25, -0.2) is 0 Å². The number of hydrogen-bond acceptors (Lipinski definition) is 5. The van der Waals surface area contributed by atoms with E-state index < -0.39 is 0 Å². The van der Waals surface area contributed by atoms with Crippen molar-refractivity contribution in [3.63, 3.8) is 0 Å². The quantitative estimate of drug-likeness (QED) is 0.795. The fraction of sp³-hybridized carbons (Fsp3) is 0.533. The van der Waals surface area contributed by atoms with Crippen LogP contribution in [0.3, 0.4) is 0 Å². The minimum absolute atomic E-state index is 0.197. The summed E-state index contributed by atoms with van der Waals surface area (Å²) < 4.78 is 10.5. The zero-order valence-electron chi connectivity index (χ0n) is 12.1. The van der Waals surface area contributed by atoms with Crippen LogP contribution in [-0.4, -0.2) is 15.3 Å². The lowest BCUT2D eigenvalue weighted by atomic mass is 9.78. The van der Waals surface area contributed by atoms with E-state index in [4.69, 9.17) is 9.05 Å². The van der Waals surface area contributed by atoms with Crippen molar-refractivity contribution in [3.05, 3.63) is 29.2 Å². The summed E-state index contributed by atoms with van der Waals surface area (Å²) in [6, 6.07) is 1.80. The molecule has 1 aliphatic carbocycles. The second-order valence-corrected chi connectivity index (χ2v) is 5.86. The van der Waals surface area contributed by atoms with E-state index in [1.807, 2.05) is 6.92 Å². The van der Waals surface area contributed by atoms with Crippen LogP contribution in [0.1, 0.15) is 51.0 Å². The maximum absolute atomic E-state index is 5.32. The number of rotatable bonds is 3. The highest BCUT2D eigenvalue weighted by Gasteiger charge is 2.32. The van der Waals surface area contributed by atoms with Crippen LogP contribution in [0, 0.1) is 6.92 Å². The molecular formula is C15H19N3O2. The molecule has 5 nitrogen and oxygen atoms in total. The number of nitrogens with zero attached hydrogens (tertiary/aromatic N) is 3. The van der Waals surface area contributed by atoms with Gasteiger partial charge in [0.1, 0.15) is 0 Å². The van der Waals surface area contributed by atoms with Gasteiger partial charge in [-0.3, -0.25) is 0 Å². The van der Waals surface area contributed by atoms with Gasteiger partial charge in [0.2, 0.25) is 5.76 Å². The Bertz CT molecular complexity index is 637. The van der Waals surface area contributed by atoms with Gasteiger partial charge in [0.05, 0.1) is 5.69 Å². The van der Waals surface area contributed by atoms with Gasteiger partial charge in [-0.1, -0.05) is 22.0 Å². The van der Waals surface area contributed by atoms with E-state index in [1.54, 1.807) is 6.07 Å². The second kappa shape index (κ2) is 4.89. The van der Waals surface area contributed by atoms with Gasteiger partial charge in [0.25, 0.3) is 5.89 Å². The molecule has 0 amide bonds. The van der Waals surface area contributed by atoms with E-state index in [0.717, 1.165) is 18.5 Å². The molecule has 106 valence electrons. The van der Waals surface area contributed by atoms with Crippen LogP contribution in [0.4, 0.5) is 0 Å². The number of hydrogen-bond donors (Lipinski definition) is 0. The van der Waals surface area contributed by atoms with Gasteiger partial charge in [0, 0.05) is 11.5 Å². The Labute approximate surface area is 118 Å². The zero-order chi connectivity index (χ0) is 14.2. The van der Waals surface area contributed by atoms with E-state index in [1.165, 1.54) is 18.4 Å². The van der Waals surface area contributed by atoms with Crippen LogP contribution in [0.25, 0.3) is 11.7 Å². The van der Waals surface area contributed by atoms with Crippen LogP contribution < -0.4 is 0 Å². The molecule has 3 rings (SSSR count). The molecule has 0 N–H and O–H groups in total. The molecule has 2 heterocycles. The number of aromatic nitrogens is 3. The largest absolute Gasteiger partial charge is 0.351 e. The lowest BCUT2D eigenvalue weighted by Gasteiger charge is -2.27. The Morgan fingerprint density at radius 3 is 2.65 bits per heavy atom. The first kappa shape index (κ1) is 13.1. The molecule has 2 aromatic rings. The highest BCUT2D eigenvalue weighted by Crippen LogP contribution is 2.36. The Balaban J connectivity index is 1.91. The van der Waals surface area contributed by atoms with Crippen LogP contribution in [0.15, 0.2) is 26.8 Å². The topological polar surface area (TPSA) is 65.0 Å². The minimum Gasteiger partial charge on any atom is -0.351 e. The maximum Gasteiger partial charge on any atom is 0.296 e. The van der Waals surface area contributed by atoms with Crippen LogP contribution in [0.5, 0.6) is 0 Å². The molecule has 0 bridgehead atoms. The molecule has 20 heavy (non-hydrogen) atoms.